The van der Waals surface area contributed by atoms with Gasteiger partial charge in [-0.05, 0) is 66.8 Å². The zero-order valence-electron chi connectivity index (χ0n) is 25.1. The highest BCUT2D eigenvalue weighted by molar-refractivity contribution is 7.89. The van der Waals surface area contributed by atoms with Gasteiger partial charge in [0, 0.05) is 44.5 Å². The first-order chi connectivity index (χ1) is 21.5. The predicted octanol–water partition coefficient (Wildman–Crippen LogP) is 4.12. The van der Waals surface area contributed by atoms with Crippen LogP contribution in [-0.2, 0) is 35.8 Å². The Hall–Kier alpha value is -3.86. The molecule has 0 saturated carbocycles. The number of carboxylic acid groups (broad SMARTS) is 1. The first-order valence-corrected chi connectivity index (χ1v) is 17.3. The van der Waals surface area contributed by atoms with E-state index in [4.69, 9.17) is 5.11 Å². The van der Waals surface area contributed by atoms with Gasteiger partial charge in [-0.2, -0.15) is 17.5 Å². The second kappa shape index (κ2) is 15.6. The second-order valence-electron chi connectivity index (χ2n) is 10.4. The molecule has 3 rings (SSSR count). The molecule has 0 spiro atoms. The number of aromatic nitrogens is 1. The van der Waals surface area contributed by atoms with Gasteiger partial charge in [0.25, 0.3) is 0 Å². The van der Waals surface area contributed by atoms with Crippen molar-refractivity contribution in [2.75, 3.05) is 25.4 Å². The first kappa shape index (κ1) is 36.6. The van der Waals surface area contributed by atoms with Crippen molar-refractivity contribution in [3.63, 3.8) is 0 Å². The summed E-state index contributed by atoms with van der Waals surface area (Å²) < 4.78 is 96.5. The lowest BCUT2D eigenvalue weighted by Crippen LogP contribution is -2.37. The van der Waals surface area contributed by atoms with E-state index < -0.39 is 66.8 Å². The minimum absolute atomic E-state index is 0.0870. The molecule has 11 nitrogen and oxygen atoms in total. The molecule has 1 atom stereocenters. The molecule has 3 N–H and O–H groups in total. The lowest BCUT2D eigenvalue weighted by atomic mass is 9.98. The SMILES string of the molecule is Cc1cnccc1-c1cccc([C@H](C)N(CCCC(=O)NCCS(=O)(=O)NCCC(=O)O)S(=O)(=O)c2ccccc2C(F)(F)F)c1. The average Bonchev–Trinajstić information content (AvgIpc) is 2.98. The molecule has 0 aliphatic rings. The van der Waals surface area contributed by atoms with Gasteiger partial charge in [0.15, 0.2) is 0 Å². The number of amides is 1. The number of nitrogens with one attached hydrogen (secondary N) is 2. The van der Waals surface area contributed by atoms with E-state index in [9.17, 15) is 39.6 Å². The van der Waals surface area contributed by atoms with Gasteiger partial charge in [-0.15, -0.1) is 0 Å². The quantitative estimate of drug-likeness (QED) is 0.203. The van der Waals surface area contributed by atoms with Crippen LogP contribution in [-0.4, -0.2) is 68.5 Å². The Morgan fingerprint density at radius 1 is 1.00 bits per heavy atom. The van der Waals surface area contributed by atoms with Gasteiger partial charge < -0.3 is 10.4 Å². The van der Waals surface area contributed by atoms with Crippen LogP contribution in [0.5, 0.6) is 0 Å². The Kier molecular flexibility index (Phi) is 12.4. The molecule has 1 aromatic heterocycles. The molecule has 3 aromatic rings. The molecule has 1 amide bonds. The van der Waals surface area contributed by atoms with Gasteiger partial charge in [-0.3, -0.25) is 14.6 Å². The number of benzene rings is 2. The van der Waals surface area contributed by atoms with Crippen LogP contribution < -0.4 is 10.0 Å². The summed E-state index contributed by atoms with van der Waals surface area (Å²) in [4.78, 5) is 26.2. The van der Waals surface area contributed by atoms with Crippen LogP contribution in [0.1, 0.15) is 48.9 Å². The topological polar surface area (TPSA) is 163 Å². The molecule has 0 aliphatic heterocycles. The van der Waals surface area contributed by atoms with E-state index in [2.05, 4.69) is 15.0 Å². The van der Waals surface area contributed by atoms with Crippen molar-refractivity contribution in [2.45, 2.75) is 50.2 Å². The number of carbonyl (C=O) groups excluding carboxylic acids is 1. The third-order valence-electron chi connectivity index (χ3n) is 7.05. The standard InChI is InChI=1S/C30H35F3N4O7S2/c1-21-20-34-14-12-25(21)24-8-5-7-23(19-24)22(2)37(46(43,44)27-10-4-3-9-26(27)30(31,32)33)17-6-11-28(38)35-16-18-45(41,42)36-15-13-29(39)40/h3-5,7-10,12,14,19-20,22,36H,6,11,13,15-18H2,1-2H3,(H,35,38)(H,39,40)/t22-/m0/s1. The van der Waals surface area contributed by atoms with E-state index in [1.54, 1.807) is 43.6 Å². The third kappa shape index (κ3) is 10.1. The first-order valence-electron chi connectivity index (χ1n) is 14.2. The summed E-state index contributed by atoms with van der Waals surface area (Å²) in [6, 6.07) is 11.7. The lowest BCUT2D eigenvalue weighted by molar-refractivity contribution is -0.140. The van der Waals surface area contributed by atoms with Gasteiger partial charge in [0.2, 0.25) is 26.0 Å². The van der Waals surface area contributed by atoms with Crippen LogP contribution in [0.3, 0.4) is 0 Å². The number of sulfonamides is 2. The van der Waals surface area contributed by atoms with Crippen molar-refractivity contribution in [1.82, 2.24) is 19.3 Å². The van der Waals surface area contributed by atoms with Gasteiger partial charge >= 0.3 is 12.1 Å². The molecule has 0 aliphatic carbocycles. The Bertz CT molecular complexity index is 1750. The molecule has 46 heavy (non-hydrogen) atoms. The van der Waals surface area contributed by atoms with Crippen molar-refractivity contribution < 1.29 is 44.7 Å². The average molecular weight is 685 g/mol. The normalized spacial score (nSPS) is 13.0. The lowest BCUT2D eigenvalue weighted by Gasteiger charge is -2.30. The minimum Gasteiger partial charge on any atom is -0.481 e. The van der Waals surface area contributed by atoms with Crippen LogP contribution in [0.2, 0.25) is 0 Å². The van der Waals surface area contributed by atoms with Gasteiger partial charge in [-0.1, -0.05) is 30.3 Å². The zero-order chi connectivity index (χ0) is 34.1. The Balaban J connectivity index is 1.82. The summed E-state index contributed by atoms with van der Waals surface area (Å²) in [5.41, 5.74) is 1.66. The molecular formula is C30H35F3N4O7S2. The molecular weight excluding hydrogens is 649 g/mol. The number of carbonyl (C=O) groups is 2. The van der Waals surface area contributed by atoms with Crippen LogP contribution >= 0.6 is 0 Å². The summed E-state index contributed by atoms with van der Waals surface area (Å²) in [6.07, 6.45) is -2.41. The Labute approximate surface area is 266 Å². The maximum Gasteiger partial charge on any atom is 0.417 e. The fraction of sp³-hybridized carbons (Fsp3) is 0.367. The number of aliphatic carboxylic acids is 1. The van der Waals surface area contributed by atoms with Crippen molar-refractivity contribution in [1.29, 1.82) is 0 Å². The number of nitrogens with zero attached hydrogens (tertiary/aromatic N) is 2. The number of rotatable bonds is 16. The van der Waals surface area contributed by atoms with E-state index in [-0.39, 0.29) is 32.5 Å². The van der Waals surface area contributed by atoms with Gasteiger partial charge in [-0.25, -0.2) is 21.6 Å². The highest BCUT2D eigenvalue weighted by atomic mass is 32.2. The minimum atomic E-state index is -4.94. The fourth-order valence-electron chi connectivity index (χ4n) is 4.70. The zero-order valence-corrected chi connectivity index (χ0v) is 26.8. The van der Waals surface area contributed by atoms with Crippen LogP contribution in [0.4, 0.5) is 13.2 Å². The number of carboxylic acids is 1. The van der Waals surface area contributed by atoms with Crippen molar-refractivity contribution >= 4 is 31.9 Å². The smallest absolute Gasteiger partial charge is 0.417 e. The molecule has 16 heteroatoms. The van der Waals surface area contributed by atoms with E-state index in [1.807, 2.05) is 13.0 Å². The van der Waals surface area contributed by atoms with Crippen molar-refractivity contribution in [3.05, 3.63) is 83.7 Å². The van der Waals surface area contributed by atoms with Crippen LogP contribution in [0.15, 0.2) is 71.9 Å². The number of pyridine rings is 1. The molecule has 0 radical (unpaired) electrons. The third-order valence-corrected chi connectivity index (χ3v) is 10.5. The van der Waals surface area contributed by atoms with E-state index in [0.29, 0.717) is 11.6 Å². The van der Waals surface area contributed by atoms with E-state index in [0.717, 1.165) is 33.1 Å². The second-order valence-corrected chi connectivity index (χ2v) is 14.2. The molecule has 0 fully saturated rings. The van der Waals surface area contributed by atoms with Gasteiger partial charge in [0.1, 0.15) is 0 Å². The molecule has 2 aromatic carbocycles. The number of halogens is 3. The monoisotopic (exact) mass is 684 g/mol. The number of aryl methyl sites for hydroxylation is 1. The maximum absolute atomic E-state index is 13.9. The molecule has 0 bridgehead atoms. The molecule has 0 unspecified atom stereocenters. The summed E-state index contributed by atoms with van der Waals surface area (Å²) >= 11 is 0. The number of hydrogen-bond acceptors (Lipinski definition) is 7. The Morgan fingerprint density at radius 2 is 1.72 bits per heavy atom. The number of hydrogen-bond donors (Lipinski definition) is 3. The highest BCUT2D eigenvalue weighted by Crippen LogP contribution is 2.38. The van der Waals surface area contributed by atoms with Crippen molar-refractivity contribution in [2.24, 2.45) is 0 Å². The highest BCUT2D eigenvalue weighted by Gasteiger charge is 2.40. The van der Waals surface area contributed by atoms with Crippen molar-refractivity contribution in [3.8, 4) is 11.1 Å². The van der Waals surface area contributed by atoms with Crippen LogP contribution in [0, 0.1) is 6.92 Å². The van der Waals surface area contributed by atoms with Gasteiger partial charge in [0.05, 0.1) is 22.6 Å². The van der Waals surface area contributed by atoms with Crippen LogP contribution in [0.25, 0.3) is 11.1 Å². The number of alkyl halides is 3. The molecule has 0 saturated heterocycles. The fourth-order valence-corrected chi connectivity index (χ4v) is 7.50. The summed E-state index contributed by atoms with van der Waals surface area (Å²) in [5, 5.41) is 11.0. The van der Waals surface area contributed by atoms with E-state index in [1.165, 1.54) is 6.07 Å². The summed E-state index contributed by atoms with van der Waals surface area (Å²) in [5.74, 6) is -2.30. The molecule has 1 heterocycles. The van der Waals surface area contributed by atoms with E-state index >= 15 is 0 Å². The molecule has 250 valence electrons. The summed E-state index contributed by atoms with van der Waals surface area (Å²) in [6.45, 7) is 2.49. The largest absolute Gasteiger partial charge is 0.481 e. The maximum atomic E-state index is 13.9. The predicted molar refractivity (Wildman–Crippen MR) is 164 cm³/mol. The Morgan fingerprint density at radius 3 is 2.39 bits per heavy atom. The summed E-state index contributed by atoms with van der Waals surface area (Å²) in [7, 11) is -8.61.